The molecule has 0 saturated carbocycles. The first kappa shape index (κ1) is 20.5. The molecule has 0 unspecified atom stereocenters. The molecular formula is C13H27IN4O. The molecule has 0 bridgehead atoms. The van der Waals surface area contributed by atoms with Crippen LogP contribution in [0.4, 0.5) is 0 Å². The van der Waals surface area contributed by atoms with E-state index in [0.29, 0.717) is 25.6 Å². The minimum absolute atomic E-state index is 0. The van der Waals surface area contributed by atoms with Crippen molar-refractivity contribution >= 4 is 35.8 Å². The van der Waals surface area contributed by atoms with Gasteiger partial charge in [0.25, 0.3) is 0 Å². The summed E-state index contributed by atoms with van der Waals surface area (Å²) in [5.41, 5.74) is -0.507. The average molecular weight is 382 g/mol. The highest BCUT2D eigenvalue weighted by Crippen LogP contribution is 2.15. The van der Waals surface area contributed by atoms with Crippen LogP contribution >= 0.6 is 24.0 Å². The zero-order valence-corrected chi connectivity index (χ0v) is 14.7. The van der Waals surface area contributed by atoms with Crippen molar-refractivity contribution in [2.75, 3.05) is 26.2 Å². The first-order chi connectivity index (χ1) is 8.47. The maximum absolute atomic E-state index is 11.8. The molecule has 6 heteroatoms. The van der Waals surface area contributed by atoms with Gasteiger partial charge >= 0.3 is 0 Å². The van der Waals surface area contributed by atoms with Gasteiger partial charge in [0.05, 0.1) is 12.0 Å². The molecule has 0 radical (unpaired) electrons. The summed E-state index contributed by atoms with van der Waals surface area (Å²) in [5.74, 6) is 0.725. The zero-order valence-electron chi connectivity index (χ0n) is 12.4. The summed E-state index contributed by atoms with van der Waals surface area (Å²) in [6.07, 6.45) is 1.77. The second-order valence-corrected chi connectivity index (χ2v) is 4.61. The predicted molar refractivity (Wildman–Crippen MR) is 92.1 cm³/mol. The fourth-order valence-corrected chi connectivity index (χ4v) is 1.26. The van der Waals surface area contributed by atoms with Crippen molar-refractivity contribution in [3.63, 3.8) is 0 Å². The Bertz CT molecular complexity index is 303. The van der Waals surface area contributed by atoms with E-state index in [1.807, 2.05) is 27.7 Å². The van der Waals surface area contributed by atoms with Crippen molar-refractivity contribution in [3.8, 4) is 0 Å². The quantitative estimate of drug-likeness (QED) is 0.271. The van der Waals surface area contributed by atoms with Crippen molar-refractivity contribution in [3.05, 3.63) is 12.7 Å². The highest BCUT2D eigenvalue weighted by Gasteiger charge is 2.26. The highest BCUT2D eigenvalue weighted by atomic mass is 127. The van der Waals surface area contributed by atoms with Crippen LogP contribution in [0.5, 0.6) is 0 Å². The molecular weight excluding hydrogens is 355 g/mol. The number of amides is 1. The molecule has 0 aromatic heterocycles. The average Bonchev–Trinajstić information content (AvgIpc) is 2.33. The maximum atomic E-state index is 11.8. The minimum Gasteiger partial charge on any atom is -0.357 e. The second kappa shape index (κ2) is 11.1. The van der Waals surface area contributed by atoms with E-state index in [1.165, 1.54) is 0 Å². The standard InChI is InChI=1S/C13H26N4O.HI/c1-6-9-16-12(15-8-3)17-10-13(4,5)11(18)14-7-2;/h6H,1,7-10H2,2-5H3,(H,14,18)(H2,15,16,17);1H. The molecule has 0 aliphatic heterocycles. The minimum atomic E-state index is -0.507. The lowest BCUT2D eigenvalue weighted by Gasteiger charge is -2.21. The van der Waals surface area contributed by atoms with Crippen molar-refractivity contribution in [2.24, 2.45) is 10.4 Å². The lowest BCUT2D eigenvalue weighted by Crippen LogP contribution is -2.41. The van der Waals surface area contributed by atoms with Crippen LogP contribution in [0.25, 0.3) is 0 Å². The van der Waals surface area contributed by atoms with E-state index in [9.17, 15) is 4.79 Å². The molecule has 112 valence electrons. The Labute approximate surface area is 133 Å². The summed E-state index contributed by atoms with van der Waals surface area (Å²) in [6, 6.07) is 0. The van der Waals surface area contributed by atoms with E-state index >= 15 is 0 Å². The van der Waals surface area contributed by atoms with Crippen molar-refractivity contribution in [1.82, 2.24) is 16.0 Å². The largest absolute Gasteiger partial charge is 0.357 e. The summed E-state index contributed by atoms with van der Waals surface area (Å²) >= 11 is 0. The smallest absolute Gasteiger partial charge is 0.227 e. The number of nitrogens with zero attached hydrogens (tertiary/aromatic N) is 1. The Balaban J connectivity index is 0. The maximum Gasteiger partial charge on any atom is 0.227 e. The van der Waals surface area contributed by atoms with Crippen molar-refractivity contribution in [2.45, 2.75) is 27.7 Å². The third-order valence-corrected chi connectivity index (χ3v) is 2.34. The van der Waals surface area contributed by atoms with Crippen LogP contribution in [0.3, 0.4) is 0 Å². The van der Waals surface area contributed by atoms with Crippen LogP contribution in [-0.2, 0) is 4.79 Å². The number of carbonyl (C=O) groups is 1. The summed E-state index contributed by atoms with van der Waals surface area (Å²) < 4.78 is 0. The van der Waals surface area contributed by atoms with Gasteiger partial charge < -0.3 is 16.0 Å². The normalized spacial score (nSPS) is 11.3. The van der Waals surface area contributed by atoms with Crippen LogP contribution in [0, 0.1) is 5.41 Å². The summed E-state index contributed by atoms with van der Waals surface area (Å²) in [6.45, 7) is 13.8. The molecule has 19 heavy (non-hydrogen) atoms. The second-order valence-electron chi connectivity index (χ2n) is 4.61. The third-order valence-electron chi connectivity index (χ3n) is 2.34. The molecule has 0 fully saturated rings. The topological polar surface area (TPSA) is 65.5 Å². The van der Waals surface area contributed by atoms with E-state index in [0.717, 1.165) is 6.54 Å². The molecule has 0 spiro atoms. The van der Waals surface area contributed by atoms with E-state index < -0.39 is 5.41 Å². The van der Waals surface area contributed by atoms with Gasteiger partial charge in [-0.05, 0) is 27.7 Å². The number of rotatable bonds is 7. The van der Waals surface area contributed by atoms with Crippen LogP contribution < -0.4 is 16.0 Å². The summed E-state index contributed by atoms with van der Waals surface area (Å²) in [5, 5.41) is 9.04. The van der Waals surface area contributed by atoms with E-state index in [1.54, 1.807) is 6.08 Å². The number of nitrogens with one attached hydrogen (secondary N) is 3. The molecule has 5 nitrogen and oxygen atoms in total. The summed E-state index contributed by atoms with van der Waals surface area (Å²) in [4.78, 5) is 16.2. The Hall–Kier alpha value is -0.790. The third kappa shape index (κ3) is 8.85. The van der Waals surface area contributed by atoms with Crippen molar-refractivity contribution in [1.29, 1.82) is 0 Å². The monoisotopic (exact) mass is 382 g/mol. The molecule has 1 amide bonds. The lowest BCUT2D eigenvalue weighted by molar-refractivity contribution is -0.128. The Kier molecular flexibility index (Phi) is 12.0. The number of hydrogen-bond acceptors (Lipinski definition) is 2. The first-order valence-corrected chi connectivity index (χ1v) is 6.39. The SMILES string of the molecule is C=CCNC(=NCC(C)(C)C(=O)NCC)NCC.I. The lowest BCUT2D eigenvalue weighted by atomic mass is 9.92. The highest BCUT2D eigenvalue weighted by molar-refractivity contribution is 14.0. The zero-order chi connectivity index (χ0) is 14.0. The van der Waals surface area contributed by atoms with Crippen LogP contribution in [-0.4, -0.2) is 38.0 Å². The first-order valence-electron chi connectivity index (χ1n) is 6.39. The molecule has 0 aromatic carbocycles. The van der Waals surface area contributed by atoms with Gasteiger partial charge in [0.2, 0.25) is 5.91 Å². The molecule has 0 rings (SSSR count). The molecule has 0 atom stereocenters. The Morgan fingerprint density at radius 3 is 2.26 bits per heavy atom. The van der Waals surface area contributed by atoms with Crippen LogP contribution in [0.1, 0.15) is 27.7 Å². The number of aliphatic imine (C=N–C) groups is 1. The van der Waals surface area contributed by atoms with Gasteiger partial charge in [-0.15, -0.1) is 30.6 Å². The number of hydrogen-bond donors (Lipinski definition) is 3. The predicted octanol–water partition coefficient (Wildman–Crippen LogP) is 1.51. The van der Waals surface area contributed by atoms with Gasteiger partial charge in [-0.3, -0.25) is 9.79 Å². The van der Waals surface area contributed by atoms with Crippen molar-refractivity contribution < 1.29 is 4.79 Å². The van der Waals surface area contributed by atoms with Gasteiger partial charge in [0.15, 0.2) is 5.96 Å². The van der Waals surface area contributed by atoms with Gasteiger partial charge in [-0.1, -0.05) is 6.08 Å². The van der Waals surface area contributed by atoms with E-state index in [-0.39, 0.29) is 29.9 Å². The fourth-order valence-electron chi connectivity index (χ4n) is 1.26. The molecule has 0 aliphatic rings. The van der Waals surface area contributed by atoms with Crippen LogP contribution in [0.2, 0.25) is 0 Å². The number of carbonyl (C=O) groups excluding carboxylic acids is 1. The number of halogens is 1. The fraction of sp³-hybridized carbons (Fsp3) is 0.692. The van der Waals surface area contributed by atoms with Gasteiger partial charge in [-0.25, -0.2) is 0 Å². The van der Waals surface area contributed by atoms with Gasteiger partial charge in [0.1, 0.15) is 0 Å². The van der Waals surface area contributed by atoms with Crippen LogP contribution in [0.15, 0.2) is 17.6 Å². The molecule has 0 aromatic rings. The number of guanidine groups is 1. The van der Waals surface area contributed by atoms with Gasteiger partial charge in [0, 0.05) is 19.6 Å². The molecule has 0 heterocycles. The molecule has 3 N–H and O–H groups in total. The van der Waals surface area contributed by atoms with Gasteiger partial charge in [-0.2, -0.15) is 0 Å². The Morgan fingerprint density at radius 1 is 1.21 bits per heavy atom. The molecule has 0 saturated heterocycles. The Morgan fingerprint density at radius 2 is 1.79 bits per heavy atom. The van der Waals surface area contributed by atoms with E-state index in [4.69, 9.17) is 0 Å². The molecule has 0 aliphatic carbocycles. The van der Waals surface area contributed by atoms with E-state index in [2.05, 4.69) is 27.5 Å². The summed E-state index contributed by atoms with van der Waals surface area (Å²) in [7, 11) is 0.